The van der Waals surface area contributed by atoms with Crippen LogP contribution in [0.4, 0.5) is 13.2 Å². The fraction of sp³-hybridized carbons (Fsp3) is 0.167. The van der Waals surface area contributed by atoms with Crippen LogP contribution in [0.15, 0.2) is 47.6 Å². The average Bonchev–Trinajstić information content (AvgIpc) is 3.38. The number of alkyl halides is 3. The average molecular weight is 483 g/mol. The number of thioether (sulfide) groups is 1. The van der Waals surface area contributed by atoms with Crippen LogP contribution in [0.25, 0.3) is 17.1 Å². The van der Waals surface area contributed by atoms with Gasteiger partial charge in [0, 0.05) is 10.6 Å². The summed E-state index contributed by atoms with van der Waals surface area (Å²) in [5, 5.41) is 19.5. The molecular weight excluding hydrogens is 469 g/mol. The van der Waals surface area contributed by atoms with Gasteiger partial charge in [-0.25, -0.2) is 4.68 Å². The maximum absolute atomic E-state index is 13.5. The van der Waals surface area contributed by atoms with Crippen LogP contribution in [0.1, 0.15) is 11.4 Å². The second kappa shape index (κ2) is 8.67. The van der Waals surface area contributed by atoms with E-state index in [1.807, 2.05) is 0 Å². The lowest BCUT2D eigenvalue weighted by Crippen LogP contribution is -2.14. The summed E-state index contributed by atoms with van der Waals surface area (Å²) in [5.74, 6) is 7.45. The van der Waals surface area contributed by atoms with E-state index in [0.717, 1.165) is 22.5 Å². The summed E-state index contributed by atoms with van der Waals surface area (Å²) >= 11 is 6.87. The van der Waals surface area contributed by atoms with E-state index >= 15 is 0 Å². The number of halogens is 4. The molecule has 0 saturated carbocycles. The van der Waals surface area contributed by atoms with Crippen LogP contribution in [0.5, 0.6) is 5.75 Å². The van der Waals surface area contributed by atoms with Crippen molar-refractivity contribution >= 4 is 23.4 Å². The number of aromatic nitrogens is 7. The number of hydrogen-bond donors (Lipinski definition) is 1. The molecule has 0 unspecified atom stereocenters. The monoisotopic (exact) mass is 482 g/mol. The summed E-state index contributed by atoms with van der Waals surface area (Å²) < 4.78 is 47.8. The maximum Gasteiger partial charge on any atom is 0.418 e. The Labute approximate surface area is 188 Å². The maximum atomic E-state index is 13.5. The minimum absolute atomic E-state index is 0.0487. The molecule has 9 nitrogen and oxygen atoms in total. The first-order chi connectivity index (χ1) is 15.3. The number of ether oxygens (including phenoxy) is 1. The summed E-state index contributed by atoms with van der Waals surface area (Å²) in [6.07, 6.45) is -4.64. The van der Waals surface area contributed by atoms with Gasteiger partial charge in [0.15, 0.2) is 11.6 Å². The molecule has 2 aromatic heterocycles. The van der Waals surface area contributed by atoms with Gasteiger partial charge in [-0.3, -0.25) is 0 Å². The van der Waals surface area contributed by atoms with Crippen molar-refractivity contribution in [2.45, 2.75) is 17.1 Å². The van der Waals surface area contributed by atoms with Gasteiger partial charge in [0.05, 0.1) is 24.1 Å². The van der Waals surface area contributed by atoms with E-state index in [0.29, 0.717) is 22.3 Å². The van der Waals surface area contributed by atoms with E-state index in [2.05, 4.69) is 25.7 Å². The second-order valence-corrected chi connectivity index (χ2v) is 7.74. The van der Waals surface area contributed by atoms with Gasteiger partial charge in [0.1, 0.15) is 5.75 Å². The quantitative estimate of drug-likeness (QED) is 0.328. The Bertz CT molecular complexity index is 1240. The molecule has 2 heterocycles. The van der Waals surface area contributed by atoms with E-state index in [9.17, 15) is 13.2 Å². The van der Waals surface area contributed by atoms with Gasteiger partial charge in [-0.15, -0.1) is 15.3 Å². The molecule has 0 atom stereocenters. The number of benzene rings is 2. The van der Waals surface area contributed by atoms with E-state index in [4.69, 9.17) is 22.2 Å². The molecule has 0 saturated heterocycles. The van der Waals surface area contributed by atoms with Gasteiger partial charge in [-0.05, 0) is 52.9 Å². The predicted octanol–water partition coefficient (Wildman–Crippen LogP) is 3.61. The molecule has 0 aliphatic heterocycles. The zero-order chi connectivity index (χ0) is 22.9. The molecule has 0 aliphatic carbocycles. The first-order valence-corrected chi connectivity index (χ1v) is 10.3. The fourth-order valence-corrected chi connectivity index (χ4v) is 3.78. The lowest BCUT2D eigenvalue weighted by atomic mass is 10.1. The molecule has 0 radical (unpaired) electrons. The zero-order valence-electron chi connectivity index (χ0n) is 16.3. The summed E-state index contributed by atoms with van der Waals surface area (Å²) in [6, 6.07) is 10.4. The standard InChI is InChI=1S/C18H14ClF3N8OS/c1-31-12-5-2-10(3-6-12)16-25-26-17(29(16)23)32-9-15-24-27-28-30(15)14-7-4-11(19)8-13(14)18(20,21)22/h2-8H,9,23H2,1H3. The van der Waals surface area contributed by atoms with Crippen molar-refractivity contribution in [2.24, 2.45) is 0 Å². The SMILES string of the molecule is COc1ccc(-c2nnc(SCc3nnnn3-c3ccc(Cl)cc3C(F)(F)F)n2N)cc1. The molecule has 32 heavy (non-hydrogen) atoms. The lowest BCUT2D eigenvalue weighted by Gasteiger charge is -2.13. The molecule has 0 aliphatic rings. The Balaban J connectivity index is 1.58. The van der Waals surface area contributed by atoms with Crippen molar-refractivity contribution in [3.8, 4) is 22.8 Å². The first kappa shape index (κ1) is 21.9. The summed E-state index contributed by atoms with van der Waals surface area (Å²) in [6.45, 7) is 0. The summed E-state index contributed by atoms with van der Waals surface area (Å²) in [7, 11) is 1.56. The molecular formula is C18H14ClF3N8OS. The van der Waals surface area contributed by atoms with Gasteiger partial charge in [-0.1, -0.05) is 23.4 Å². The van der Waals surface area contributed by atoms with E-state index in [1.165, 1.54) is 16.8 Å². The molecule has 0 bridgehead atoms. The van der Waals surface area contributed by atoms with Crippen LogP contribution in [-0.2, 0) is 11.9 Å². The third-order valence-corrected chi connectivity index (χ3v) is 5.54. The van der Waals surface area contributed by atoms with Crippen molar-refractivity contribution in [2.75, 3.05) is 13.0 Å². The highest BCUT2D eigenvalue weighted by Crippen LogP contribution is 2.36. The van der Waals surface area contributed by atoms with Gasteiger partial charge < -0.3 is 10.6 Å². The van der Waals surface area contributed by atoms with Gasteiger partial charge in [0.25, 0.3) is 0 Å². The predicted molar refractivity (Wildman–Crippen MR) is 111 cm³/mol. The van der Waals surface area contributed by atoms with Crippen molar-refractivity contribution in [1.29, 1.82) is 0 Å². The Kier molecular flexibility index (Phi) is 5.93. The molecule has 166 valence electrons. The molecule has 14 heteroatoms. The van der Waals surface area contributed by atoms with Crippen molar-refractivity contribution < 1.29 is 17.9 Å². The van der Waals surface area contributed by atoms with E-state index in [1.54, 1.807) is 31.4 Å². The first-order valence-electron chi connectivity index (χ1n) is 8.90. The molecule has 2 N–H and O–H groups in total. The highest BCUT2D eigenvalue weighted by atomic mass is 35.5. The van der Waals surface area contributed by atoms with Crippen molar-refractivity contribution in [1.82, 2.24) is 35.1 Å². The van der Waals surface area contributed by atoms with Crippen LogP contribution in [0.2, 0.25) is 5.02 Å². The van der Waals surface area contributed by atoms with Crippen LogP contribution in [0.3, 0.4) is 0 Å². The Morgan fingerprint density at radius 2 is 1.84 bits per heavy atom. The molecule has 0 amide bonds. The number of hydrogen-bond acceptors (Lipinski definition) is 8. The van der Waals surface area contributed by atoms with Crippen LogP contribution in [0, 0.1) is 0 Å². The normalized spacial score (nSPS) is 11.7. The van der Waals surface area contributed by atoms with Gasteiger partial charge in [-0.2, -0.15) is 17.9 Å². The van der Waals surface area contributed by atoms with Crippen LogP contribution < -0.4 is 10.6 Å². The van der Waals surface area contributed by atoms with Crippen LogP contribution >= 0.6 is 23.4 Å². The third-order valence-electron chi connectivity index (χ3n) is 4.37. The number of nitrogens with zero attached hydrogens (tertiary/aromatic N) is 7. The minimum atomic E-state index is -4.64. The van der Waals surface area contributed by atoms with Gasteiger partial charge in [0.2, 0.25) is 5.16 Å². The molecule has 2 aromatic carbocycles. The van der Waals surface area contributed by atoms with Crippen molar-refractivity contribution in [3.05, 3.63) is 58.9 Å². The second-order valence-electron chi connectivity index (χ2n) is 6.36. The smallest absolute Gasteiger partial charge is 0.418 e. The number of methoxy groups -OCH3 is 1. The lowest BCUT2D eigenvalue weighted by molar-refractivity contribution is -0.137. The van der Waals surface area contributed by atoms with E-state index in [-0.39, 0.29) is 22.3 Å². The highest BCUT2D eigenvalue weighted by molar-refractivity contribution is 7.98. The van der Waals surface area contributed by atoms with E-state index < -0.39 is 11.7 Å². The minimum Gasteiger partial charge on any atom is -0.497 e. The number of rotatable bonds is 6. The molecule has 4 rings (SSSR count). The van der Waals surface area contributed by atoms with Crippen molar-refractivity contribution in [3.63, 3.8) is 0 Å². The molecule has 0 spiro atoms. The third kappa shape index (κ3) is 4.34. The summed E-state index contributed by atoms with van der Waals surface area (Å²) in [4.78, 5) is 0. The largest absolute Gasteiger partial charge is 0.497 e. The zero-order valence-corrected chi connectivity index (χ0v) is 17.9. The number of nitrogen functional groups attached to an aromatic ring is 1. The Hall–Kier alpha value is -3.32. The summed E-state index contributed by atoms with van der Waals surface area (Å²) in [5.41, 5.74) is -0.476. The fourth-order valence-electron chi connectivity index (χ4n) is 2.84. The number of nitrogens with two attached hydrogens (primary N) is 1. The highest BCUT2D eigenvalue weighted by Gasteiger charge is 2.35. The van der Waals surface area contributed by atoms with Crippen LogP contribution in [-0.4, -0.2) is 42.2 Å². The molecule has 0 fully saturated rings. The Morgan fingerprint density at radius 1 is 1.09 bits per heavy atom. The van der Waals surface area contributed by atoms with Gasteiger partial charge >= 0.3 is 6.18 Å². The Morgan fingerprint density at radius 3 is 2.53 bits per heavy atom. The topological polar surface area (TPSA) is 110 Å². The molecule has 4 aromatic rings. The number of tetrazole rings is 1.